The number of nitrogens with zero attached hydrogens (tertiary/aromatic N) is 3. The van der Waals surface area contributed by atoms with E-state index in [9.17, 15) is 9.59 Å². The molecule has 0 aromatic carbocycles. The molecule has 2 amide bonds. The van der Waals surface area contributed by atoms with Crippen molar-refractivity contribution in [2.24, 2.45) is 11.8 Å². The summed E-state index contributed by atoms with van der Waals surface area (Å²) in [4.78, 5) is 34.1. The normalized spacial score (nSPS) is 25.1. The maximum atomic E-state index is 12.2. The zero-order chi connectivity index (χ0) is 17.3. The van der Waals surface area contributed by atoms with E-state index in [0.29, 0.717) is 30.7 Å². The summed E-state index contributed by atoms with van der Waals surface area (Å²) in [5, 5.41) is 2.90. The highest BCUT2D eigenvalue weighted by atomic mass is 16.5. The molecule has 3 aliphatic rings. The molecule has 1 aromatic heterocycles. The predicted octanol–water partition coefficient (Wildman–Crippen LogP) is 1.01. The number of hydrogen-bond acceptors (Lipinski definition) is 5. The minimum Gasteiger partial charge on any atom is -0.371 e. The van der Waals surface area contributed by atoms with Crippen LogP contribution in [0.3, 0.4) is 0 Å². The van der Waals surface area contributed by atoms with Crippen molar-refractivity contribution in [3.8, 4) is 0 Å². The number of ether oxygens (including phenoxy) is 1. The first-order valence-electron chi connectivity index (χ1n) is 9.12. The maximum absolute atomic E-state index is 12.2. The fourth-order valence-electron chi connectivity index (χ4n) is 3.79. The van der Waals surface area contributed by atoms with Gasteiger partial charge in [-0.1, -0.05) is 6.42 Å². The third-order valence-electron chi connectivity index (χ3n) is 5.70. The first kappa shape index (κ1) is 16.4. The van der Waals surface area contributed by atoms with E-state index in [1.165, 1.54) is 18.8 Å². The van der Waals surface area contributed by atoms with Crippen LogP contribution in [0.15, 0.2) is 18.6 Å². The number of carbonyl (C=O) groups is 2. The molecule has 1 N–H and O–H groups in total. The largest absolute Gasteiger partial charge is 0.371 e. The molecule has 1 saturated carbocycles. The SMILES string of the molecule is O=C(NC[C@H]1CCC2(CN(C(=O)C3CCC3)C2)OC1)c1cnccn1. The number of hydrogen-bond donors (Lipinski definition) is 1. The van der Waals surface area contributed by atoms with Gasteiger partial charge in [0.25, 0.3) is 5.91 Å². The first-order chi connectivity index (χ1) is 12.2. The predicted molar refractivity (Wildman–Crippen MR) is 89.7 cm³/mol. The second kappa shape index (κ2) is 6.71. The van der Waals surface area contributed by atoms with Gasteiger partial charge in [-0.3, -0.25) is 14.6 Å². The van der Waals surface area contributed by atoms with Crippen LogP contribution in [-0.2, 0) is 9.53 Å². The van der Waals surface area contributed by atoms with Crippen LogP contribution in [0.5, 0.6) is 0 Å². The highest BCUT2D eigenvalue weighted by Crippen LogP contribution is 2.38. The number of carbonyl (C=O) groups excluding carboxylic acids is 2. The van der Waals surface area contributed by atoms with Crippen LogP contribution < -0.4 is 5.32 Å². The highest BCUT2D eigenvalue weighted by molar-refractivity contribution is 5.91. The maximum Gasteiger partial charge on any atom is 0.271 e. The lowest BCUT2D eigenvalue weighted by molar-refractivity contribution is -0.192. The van der Waals surface area contributed by atoms with E-state index in [0.717, 1.165) is 38.8 Å². The molecule has 4 rings (SSSR count). The number of aromatic nitrogens is 2. The summed E-state index contributed by atoms with van der Waals surface area (Å²) in [5.74, 6) is 0.695. The Kier molecular flexibility index (Phi) is 4.41. The van der Waals surface area contributed by atoms with Crippen molar-refractivity contribution in [3.63, 3.8) is 0 Å². The van der Waals surface area contributed by atoms with E-state index in [2.05, 4.69) is 15.3 Å². The van der Waals surface area contributed by atoms with Crippen LogP contribution >= 0.6 is 0 Å². The molecule has 1 aliphatic carbocycles. The van der Waals surface area contributed by atoms with Crippen LogP contribution in [-0.4, -0.2) is 58.5 Å². The second-order valence-corrected chi connectivity index (χ2v) is 7.52. The molecule has 1 atom stereocenters. The lowest BCUT2D eigenvalue weighted by Gasteiger charge is -2.54. The zero-order valence-corrected chi connectivity index (χ0v) is 14.3. The smallest absolute Gasteiger partial charge is 0.271 e. The topological polar surface area (TPSA) is 84.4 Å². The Morgan fingerprint density at radius 3 is 2.72 bits per heavy atom. The number of likely N-dealkylation sites (tertiary alicyclic amines) is 1. The Hall–Kier alpha value is -2.02. The van der Waals surface area contributed by atoms with E-state index < -0.39 is 0 Å². The summed E-state index contributed by atoms with van der Waals surface area (Å²) in [5.41, 5.74) is 0.199. The van der Waals surface area contributed by atoms with Gasteiger partial charge in [-0.05, 0) is 31.6 Å². The van der Waals surface area contributed by atoms with Crippen molar-refractivity contribution >= 4 is 11.8 Å². The van der Waals surface area contributed by atoms with E-state index in [1.807, 2.05) is 4.90 Å². The van der Waals surface area contributed by atoms with Crippen molar-refractivity contribution < 1.29 is 14.3 Å². The molecule has 1 spiro atoms. The molecular weight excluding hydrogens is 320 g/mol. The van der Waals surface area contributed by atoms with Gasteiger partial charge in [0.05, 0.1) is 25.9 Å². The van der Waals surface area contributed by atoms with E-state index in [1.54, 1.807) is 6.20 Å². The summed E-state index contributed by atoms with van der Waals surface area (Å²) in [7, 11) is 0. The van der Waals surface area contributed by atoms with Gasteiger partial charge in [-0.2, -0.15) is 0 Å². The van der Waals surface area contributed by atoms with Crippen LogP contribution in [0.25, 0.3) is 0 Å². The molecule has 0 unspecified atom stereocenters. The average molecular weight is 344 g/mol. The third kappa shape index (κ3) is 3.38. The fourth-order valence-corrected chi connectivity index (χ4v) is 3.79. The molecule has 3 fully saturated rings. The van der Waals surface area contributed by atoms with Crippen LogP contribution in [0.4, 0.5) is 0 Å². The van der Waals surface area contributed by atoms with Crippen molar-refractivity contribution in [2.75, 3.05) is 26.2 Å². The van der Waals surface area contributed by atoms with Crippen molar-refractivity contribution in [1.82, 2.24) is 20.2 Å². The van der Waals surface area contributed by atoms with Gasteiger partial charge in [0.1, 0.15) is 11.3 Å². The molecule has 7 heteroatoms. The summed E-state index contributed by atoms with van der Waals surface area (Å²) >= 11 is 0. The first-order valence-corrected chi connectivity index (χ1v) is 9.12. The number of nitrogens with one attached hydrogen (secondary N) is 1. The Labute approximate surface area is 147 Å². The van der Waals surface area contributed by atoms with Crippen molar-refractivity contribution in [1.29, 1.82) is 0 Å². The quantitative estimate of drug-likeness (QED) is 0.881. The summed E-state index contributed by atoms with van der Waals surface area (Å²) < 4.78 is 6.09. The Morgan fingerprint density at radius 2 is 2.12 bits per heavy atom. The lowest BCUT2D eigenvalue weighted by Crippen LogP contribution is -2.67. The molecule has 0 radical (unpaired) electrons. The van der Waals surface area contributed by atoms with Crippen LogP contribution in [0.2, 0.25) is 0 Å². The molecule has 1 aromatic rings. The van der Waals surface area contributed by atoms with E-state index >= 15 is 0 Å². The summed E-state index contributed by atoms with van der Waals surface area (Å²) in [6.07, 6.45) is 9.77. The zero-order valence-electron chi connectivity index (χ0n) is 14.3. The minimum atomic E-state index is -0.200. The average Bonchev–Trinajstić information content (AvgIpc) is 2.57. The standard InChI is InChI=1S/C18H24N4O3/c23-16(15-9-19-6-7-20-15)21-8-13-4-5-18(25-10-13)11-22(12-18)17(24)14-2-1-3-14/h6-7,9,13-14H,1-5,8,10-12H2,(H,21,23)/t13-/m1/s1. The van der Waals surface area contributed by atoms with Gasteiger partial charge in [0.2, 0.25) is 5.91 Å². The van der Waals surface area contributed by atoms with Crippen molar-refractivity contribution in [3.05, 3.63) is 24.3 Å². The lowest BCUT2D eigenvalue weighted by atomic mass is 9.79. The van der Waals surface area contributed by atoms with E-state index in [-0.39, 0.29) is 17.4 Å². The molecule has 3 heterocycles. The molecule has 134 valence electrons. The van der Waals surface area contributed by atoms with Crippen molar-refractivity contribution in [2.45, 2.75) is 37.7 Å². The van der Waals surface area contributed by atoms with Gasteiger partial charge in [0, 0.05) is 24.9 Å². The molecule has 7 nitrogen and oxygen atoms in total. The minimum absolute atomic E-state index is 0.134. The van der Waals surface area contributed by atoms with Crippen LogP contribution in [0, 0.1) is 11.8 Å². The van der Waals surface area contributed by atoms with Gasteiger partial charge < -0.3 is 15.0 Å². The Balaban J connectivity index is 1.19. The van der Waals surface area contributed by atoms with Gasteiger partial charge in [-0.15, -0.1) is 0 Å². The highest BCUT2D eigenvalue weighted by Gasteiger charge is 2.49. The number of amides is 2. The van der Waals surface area contributed by atoms with Gasteiger partial charge in [0.15, 0.2) is 0 Å². The van der Waals surface area contributed by atoms with E-state index in [4.69, 9.17) is 4.74 Å². The molecule has 0 bridgehead atoms. The Bertz CT molecular complexity index is 631. The molecule has 2 aliphatic heterocycles. The molecule has 25 heavy (non-hydrogen) atoms. The fraction of sp³-hybridized carbons (Fsp3) is 0.667. The third-order valence-corrected chi connectivity index (χ3v) is 5.70. The molecule has 2 saturated heterocycles. The van der Waals surface area contributed by atoms with Gasteiger partial charge in [-0.25, -0.2) is 4.98 Å². The van der Waals surface area contributed by atoms with Gasteiger partial charge >= 0.3 is 0 Å². The molecular formula is C18H24N4O3. The summed E-state index contributed by atoms with van der Waals surface area (Å²) in [6.45, 7) is 2.68. The summed E-state index contributed by atoms with van der Waals surface area (Å²) in [6, 6.07) is 0. The van der Waals surface area contributed by atoms with Crippen LogP contribution in [0.1, 0.15) is 42.6 Å². The number of rotatable bonds is 4. The monoisotopic (exact) mass is 344 g/mol. The Morgan fingerprint density at radius 1 is 1.28 bits per heavy atom. The second-order valence-electron chi connectivity index (χ2n) is 7.52.